The number of sulfone groups is 1. The molecule has 0 saturated carbocycles. The van der Waals surface area contributed by atoms with Crippen molar-refractivity contribution < 1.29 is 8.42 Å². The smallest absolute Gasteiger partial charge is 0.175 e. The van der Waals surface area contributed by atoms with Gasteiger partial charge in [-0.05, 0) is 24.1 Å². The number of benzene rings is 1. The molecule has 16 heavy (non-hydrogen) atoms. The van der Waals surface area contributed by atoms with Crippen molar-refractivity contribution in [3.8, 4) is 0 Å². The molecule has 0 atom stereocenters. The molecule has 0 amide bonds. The lowest BCUT2D eigenvalue weighted by Crippen LogP contribution is -2.34. The van der Waals surface area contributed by atoms with Crippen molar-refractivity contribution in [2.24, 2.45) is 5.84 Å². The molecule has 0 saturated heterocycles. The van der Waals surface area contributed by atoms with E-state index in [1.54, 1.807) is 12.1 Å². The first-order chi connectivity index (χ1) is 7.54. The van der Waals surface area contributed by atoms with Gasteiger partial charge >= 0.3 is 0 Å². The summed E-state index contributed by atoms with van der Waals surface area (Å²) in [4.78, 5) is 0.354. The fourth-order valence-corrected chi connectivity index (χ4v) is 1.93. The van der Waals surface area contributed by atoms with Crippen LogP contribution in [-0.4, -0.2) is 27.9 Å². The van der Waals surface area contributed by atoms with Crippen LogP contribution in [0.4, 0.5) is 0 Å². The molecule has 1 aromatic carbocycles. The molecule has 0 radical (unpaired) electrons. The largest absolute Gasteiger partial charge is 0.303 e. The molecule has 0 aliphatic heterocycles. The van der Waals surface area contributed by atoms with Gasteiger partial charge in [-0.15, -0.1) is 0 Å². The van der Waals surface area contributed by atoms with Crippen LogP contribution in [0.2, 0.25) is 0 Å². The van der Waals surface area contributed by atoms with Gasteiger partial charge in [-0.25, -0.2) is 13.8 Å². The Bertz CT molecular complexity index is 414. The summed E-state index contributed by atoms with van der Waals surface area (Å²) in [6, 6.07) is 6.92. The highest BCUT2D eigenvalue weighted by Gasteiger charge is 2.05. The second kappa shape index (κ2) is 5.95. The molecule has 0 aliphatic carbocycles. The molecule has 90 valence electrons. The van der Waals surface area contributed by atoms with Gasteiger partial charge < -0.3 is 5.32 Å². The van der Waals surface area contributed by atoms with Gasteiger partial charge in [0.05, 0.1) is 11.6 Å². The number of hydrogen-bond donors (Lipinski definition) is 3. The van der Waals surface area contributed by atoms with Crippen LogP contribution in [0.5, 0.6) is 0 Å². The van der Waals surface area contributed by atoms with E-state index in [2.05, 4.69) is 10.7 Å². The number of nitrogens with two attached hydrogens (primary N) is 1. The van der Waals surface area contributed by atoms with Crippen LogP contribution < -0.4 is 16.6 Å². The quantitative estimate of drug-likeness (QED) is 0.275. The molecule has 5 nitrogen and oxygen atoms in total. The molecule has 0 spiro atoms. The lowest BCUT2D eigenvalue weighted by Gasteiger charge is -2.04. The van der Waals surface area contributed by atoms with E-state index >= 15 is 0 Å². The van der Waals surface area contributed by atoms with Crippen molar-refractivity contribution in [1.82, 2.24) is 10.7 Å². The third-order valence-electron chi connectivity index (χ3n) is 2.17. The van der Waals surface area contributed by atoms with E-state index in [4.69, 9.17) is 5.84 Å². The summed E-state index contributed by atoms with van der Waals surface area (Å²) in [5, 5.41) is 3.07. The summed E-state index contributed by atoms with van der Waals surface area (Å²) in [7, 11) is -3.09. The summed E-state index contributed by atoms with van der Waals surface area (Å²) in [6.45, 7) is 1.35. The van der Waals surface area contributed by atoms with Gasteiger partial charge in [-0.2, -0.15) is 0 Å². The molecule has 1 aromatic rings. The van der Waals surface area contributed by atoms with Crippen molar-refractivity contribution >= 4 is 9.84 Å². The first-order valence-electron chi connectivity index (χ1n) is 4.97. The Hall–Kier alpha value is -0.950. The zero-order valence-corrected chi connectivity index (χ0v) is 10.0. The summed E-state index contributed by atoms with van der Waals surface area (Å²) in [6.07, 6.45) is 2.04. The fourth-order valence-electron chi connectivity index (χ4n) is 1.30. The van der Waals surface area contributed by atoms with Crippen molar-refractivity contribution in [3.63, 3.8) is 0 Å². The molecular formula is C10H17N3O2S. The molecule has 1 rings (SSSR count). The van der Waals surface area contributed by atoms with Crippen LogP contribution in [0.15, 0.2) is 29.2 Å². The summed E-state index contributed by atoms with van der Waals surface area (Å²) >= 11 is 0. The van der Waals surface area contributed by atoms with Gasteiger partial charge in [0.2, 0.25) is 0 Å². The standard InChI is InChI=1S/C10H17N3O2S/c1-16(14,15)10-4-2-9(3-5-10)6-7-12-8-13-11/h2-5,12-13H,6-8,11H2,1H3. The fraction of sp³-hybridized carbons (Fsp3) is 0.400. The van der Waals surface area contributed by atoms with Crippen LogP contribution >= 0.6 is 0 Å². The Morgan fingerprint density at radius 1 is 1.25 bits per heavy atom. The Morgan fingerprint density at radius 2 is 1.88 bits per heavy atom. The second-order valence-electron chi connectivity index (χ2n) is 3.55. The monoisotopic (exact) mass is 243 g/mol. The minimum Gasteiger partial charge on any atom is -0.303 e. The number of rotatable bonds is 6. The van der Waals surface area contributed by atoms with E-state index in [0.29, 0.717) is 11.6 Å². The minimum atomic E-state index is -3.09. The topological polar surface area (TPSA) is 84.2 Å². The second-order valence-corrected chi connectivity index (χ2v) is 5.56. The lowest BCUT2D eigenvalue weighted by atomic mass is 10.1. The molecule has 4 N–H and O–H groups in total. The zero-order valence-electron chi connectivity index (χ0n) is 9.23. The Kier molecular flexibility index (Phi) is 4.88. The van der Waals surface area contributed by atoms with Gasteiger partial charge in [0.1, 0.15) is 0 Å². The van der Waals surface area contributed by atoms with Crippen LogP contribution in [0.3, 0.4) is 0 Å². The molecule has 0 aliphatic rings. The minimum absolute atomic E-state index is 0.354. The lowest BCUT2D eigenvalue weighted by molar-refractivity contribution is 0.600. The zero-order chi connectivity index (χ0) is 12.0. The normalized spacial score (nSPS) is 11.6. The maximum Gasteiger partial charge on any atom is 0.175 e. The van der Waals surface area contributed by atoms with Gasteiger partial charge in [-0.1, -0.05) is 12.1 Å². The van der Waals surface area contributed by atoms with E-state index in [-0.39, 0.29) is 0 Å². The Morgan fingerprint density at radius 3 is 2.38 bits per heavy atom. The Balaban J connectivity index is 2.52. The summed E-state index contributed by atoms with van der Waals surface area (Å²) < 4.78 is 22.4. The Labute approximate surface area is 95.9 Å². The maximum absolute atomic E-state index is 11.2. The van der Waals surface area contributed by atoms with Gasteiger partial charge in [0.15, 0.2) is 9.84 Å². The molecule has 0 heterocycles. The van der Waals surface area contributed by atoms with Crippen molar-refractivity contribution in [2.45, 2.75) is 11.3 Å². The first kappa shape index (κ1) is 13.1. The predicted octanol–water partition coefficient (Wildman–Crippen LogP) is -0.357. The maximum atomic E-state index is 11.2. The van der Waals surface area contributed by atoms with Crippen LogP contribution in [0, 0.1) is 0 Å². The van der Waals surface area contributed by atoms with Crippen molar-refractivity contribution in [3.05, 3.63) is 29.8 Å². The number of hydrazine groups is 1. The predicted molar refractivity (Wildman–Crippen MR) is 63.4 cm³/mol. The van der Waals surface area contributed by atoms with Crippen LogP contribution in [0.1, 0.15) is 5.56 Å². The highest BCUT2D eigenvalue weighted by molar-refractivity contribution is 7.90. The molecule has 6 heteroatoms. The van der Waals surface area contributed by atoms with Gasteiger partial charge in [0.25, 0.3) is 0 Å². The highest BCUT2D eigenvalue weighted by atomic mass is 32.2. The van der Waals surface area contributed by atoms with E-state index in [1.165, 1.54) is 6.26 Å². The van der Waals surface area contributed by atoms with Crippen molar-refractivity contribution in [2.75, 3.05) is 19.5 Å². The SMILES string of the molecule is CS(=O)(=O)c1ccc(CCNCNN)cc1. The summed E-state index contributed by atoms with van der Waals surface area (Å²) in [5.74, 6) is 5.10. The third kappa shape index (κ3) is 4.28. The molecule has 0 aromatic heterocycles. The van der Waals surface area contributed by atoms with E-state index in [1.807, 2.05) is 12.1 Å². The highest BCUT2D eigenvalue weighted by Crippen LogP contribution is 2.10. The molecular weight excluding hydrogens is 226 g/mol. The first-order valence-corrected chi connectivity index (χ1v) is 6.86. The molecule has 0 fully saturated rings. The van der Waals surface area contributed by atoms with E-state index in [9.17, 15) is 8.42 Å². The van der Waals surface area contributed by atoms with Gasteiger partial charge in [0, 0.05) is 12.8 Å². The van der Waals surface area contributed by atoms with E-state index in [0.717, 1.165) is 18.5 Å². The molecule has 0 unspecified atom stereocenters. The summed E-state index contributed by atoms with van der Waals surface area (Å²) in [5.41, 5.74) is 3.59. The number of hydrogen-bond acceptors (Lipinski definition) is 5. The third-order valence-corrected chi connectivity index (χ3v) is 3.30. The van der Waals surface area contributed by atoms with E-state index < -0.39 is 9.84 Å². The van der Waals surface area contributed by atoms with Crippen LogP contribution in [-0.2, 0) is 16.3 Å². The average Bonchev–Trinajstić information content (AvgIpc) is 2.24. The average molecular weight is 243 g/mol. The van der Waals surface area contributed by atoms with Crippen molar-refractivity contribution in [1.29, 1.82) is 0 Å². The number of nitrogens with one attached hydrogen (secondary N) is 2. The molecule has 0 bridgehead atoms. The van der Waals surface area contributed by atoms with Crippen LogP contribution in [0.25, 0.3) is 0 Å². The van der Waals surface area contributed by atoms with Gasteiger partial charge in [-0.3, -0.25) is 5.84 Å².